The van der Waals surface area contributed by atoms with Crippen LogP contribution in [0.1, 0.15) is 12.8 Å². The lowest BCUT2D eigenvalue weighted by molar-refractivity contribution is -0.116. The molecule has 0 heterocycles. The number of rotatable bonds is 10. The number of nitrogens with zero attached hydrogens (tertiary/aromatic N) is 1. The Hall–Kier alpha value is -1.64. The first-order valence-electron chi connectivity index (χ1n) is 7.24. The van der Waals surface area contributed by atoms with Crippen molar-refractivity contribution in [1.82, 2.24) is 4.31 Å². The maximum Gasteiger partial charge on any atom is 0.225 e. The molecule has 1 N–H and O–H groups in total. The molecule has 0 bridgehead atoms. The highest BCUT2D eigenvalue weighted by Gasteiger charge is 2.17. The summed E-state index contributed by atoms with van der Waals surface area (Å²) in [7, 11) is -0.213. The highest BCUT2D eigenvalue weighted by Crippen LogP contribution is 2.15. The van der Waals surface area contributed by atoms with E-state index in [1.165, 1.54) is 4.31 Å². The predicted octanol–water partition coefficient (Wildman–Crippen LogP) is 1.32. The molecule has 23 heavy (non-hydrogen) atoms. The predicted molar refractivity (Wildman–Crippen MR) is 89.2 cm³/mol. The number of carbonyl (C=O) groups is 1. The number of amides is 1. The summed E-state index contributed by atoms with van der Waals surface area (Å²) in [6, 6.07) is 6.93. The molecule has 0 radical (unpaired) electrons. The fourth-order valence-corrected chi connectivity index (χ4v) is 2.84. The second-order valence-corrected chi connectivity index (χ2v) is 7.02. The molecular weight excluding hydrogens is 320 g/mol. The SMILES string of the molecule is COCCCN(CCC(=O)Nc1ccc(OC)cc1)S(C)(=O)=O. The molecule has 0 aliphatic carbocycles. The molecule has 0 saturated heterocycles. The summed E-state index contributed by atoms with van der Waals surface area (Å²) in [6.07, 6.45) is 1.82. The van der Waals surface area contributed by atoms with E-state index in [0.717, 1.165) is 6.26 Å². The minimum Gasteiger partial charge on any atom is -0.497 e. The highest BCUT2D eigenvalue weighted by atomic mass is 32.2. The van der Waals surface area contributed by atoms with Crippen molar-refractivity contribution in [3.63, 3.8) is 0 Å². The van der Waals surface area contributed by atoms with Crippen molar-refractivity contribution in [2.45, 2.75) is 12.8 Å². The quantitative estimate of drug-likeness (QED) is 0.647. The van der Waals surface area contributed by atoms with E-state index in [0.29, 0.717) is 31.0 Å². The standard InChI is InChI=1S/C15H24N2O5S/c1-21-12-4-10-17(23(3,19)20)11-9-15(18)16-13-5-7-14(22-2)8-6-13/h5-8H,4,9-12H2,1-3H3,(H,16,18). The van der Waals surface area contributed by atoms with E-state index in [2.05, 4.69) is 5.32 Å². The van der Waals surface area contributed by atoms with Crippen LogP contribution in [0.5, 0.6) is 5.75 Å². The van der Waals surface area contributed by atoms with Crippen LogP contribution in [-0.2, 0) is 19.6 Å². The molecule has 1 aromatic rings. The lowest BCUT2D eigenvalue weighted by atomic mass is 10.3. The number of hydrogen-bond acceptors (Lipinski definition) is 5. The fraction of sp³-hybridized carbons (Fsp3) is 0.533. The summed E-state index contributed by atoms with van der Waals surface area (Å²) in [5.41, 5.74) is 0.640. The monoisotopic (exact) mass is 344 g/mol. The van der Waals surface area contributed by atoms with Crippen LogP contribution in [0.3, 0.4) is 0 Å². The van der Waals surface area contributed by atoms with Crippen LogP contribution in [0.4, 0.5) is 5.69 Å². The van der Waals surface area contributed by atoms with E-state index in [9.17, 15) is 13.2 Å². The molecule has 0 unspecified atom stereocenters. The largest absolute Gasteiger partial charge is 0.497 e. The van der Waals surface area contributed by atoms with Gasteiger partial charge in [-0.3, -0.25) is 4.79 Å². The van der Waals surface area contributed by atoms with Crippen molar-refractivity contribution in [1.29, 1.82) is 0 Å². The van der Waals surface area contributed by atoms with Gasteiger partial charge in [0.25, 0.3) is 0 Å². The number of anilines is 1. The Morgan fingerprint density at radius 3 is 2.35 bits per heavy atom. The van der Waals surface area contributed by atoms with Gasteiger partial charge in [-0.2, -0.15) is 0 Å². The van der Waals surface area contributed by atoms with Crippen molar-refractivity contribution in [3.8, 4) is 5.75 Å². The van der Waals surface area contributed by atoms with Gasteiger partial charge in [0.05, 0.1) is 13.4 Å². The number of hydrogen-bond donors (Lipinski definition) is 1. The van der Waals surface area contributed by atoms with Gasteiger partial charge in [0.2, 0.25) is 15.9 Å². The van der Waals surface area contributed by atoms with Crippen LogP contribution < -0.4 is 10.1 Å². The molecule has 0 fully saturated rings. The number of nitrogens with one attached hydrogen (secondary N) is 1. The zero-order valence-corrected chi connectivity index (χ0v) is 14.6. The van der Waals surface area contributed by atoms with Crippen LogP contribution in [0.2, 0.25) is 0 Å². The topological polar surface area (TPSA) is 84.9 Å². The summed E-state index contributed by atoms with van der Waals surface area (Å²) in [5.74, 6) is 0.458. The second-order valence-electron chi connectivity index (χ2n) is 5.04. The average Bonchev–Trinajstić information content (AvgIpc) is 2.50. The molecule has 8 heteroatoms. The normalized spacial score (nSPS) is 11.5. The minimum absolute atomic E-state index is 0.0894. The molecule has 0 atom stereocenters. The first kappa shape index (κ1) is 19.4. The van der Waals surface area contributed by atoms with Gasteiger partial charge in [0, 0.05) is 38.9 Å². The Labute approximate surface area is 137 Å². The number of carbonyl (C=O) groups excluding carboxylic acids is 1. The third-order valence-corrected chi connectivity index (χ3v) is 4.49. The van der Waals surface area contributed by atoms with Crippen molar-refractivity contribution in [2.75, 3.05) is 45.5 Å². The van der Waals surface area contributed by atoms with E-state index < -0.39 is 10.0 Å². The van der Waals surface area contributed by atoms with Crippen LogP contribution in [-0.4, -0.2) is 58.8 Å². The first-order chi connectivity index (χ1) is 10.9. The maximum absolute atomic E-state index is 11.9. The van der Waals surface area contributed by atoms with Crippen LogP contribution in [0, 0.1) is 0 Å². The zero-order valence-electron chi connectivity index (χ0n) is 13.7. The third kappa shape index (κ3) is 7.45. The van der Waals surface area contributed by atoms with E-state index in [1.807, 2.05) is 0 Å². The van der Waals surface area contributed by atoms with Gasteiger partial charge < -0.3 is 14.8 Å². The Balaban J connectivity index is 2.50. The summed E-state index contributed by atoms with van der Waals surface area (Å²) in [5, 5.41) is 2.73. The van der Waals surface area contributed by atoms with Crippen molar-refractivity contribution in [2.24, 2.45) is 0 Å². The molecule has 0 aliphatic rings. The lowest BCUT2D eigenvalue weighted by Crippen LogP contribution is -2.34. The minimum atomic E-state index is -3.34. The third-order valence-electron chi connectivity index (χ3n) is 3.19. The van der Waals surface area contributed by atoms with E-state index >= 15 is 0 Å². The lowest BCUT2D eigenvalue weighted by Gasteiger charge is -2.19. The van der Waals surface area contributed by atoms with Crippen molar-refractivity contribution >= 4 is 21.6 Å². The molecule has 0 aromatic heterocycles. The van der Waals surface area contributed by atoms with Gasteiger partial charge in [0.15, 0.2) is 0 Å². The Morgan fingerprint density at radius 1 is 1.17 bits per heavy atom. The molecule has 1 rings (SSSR count). The number of methoxy groups -OCH3 is 2. The molecule has 130 valence electrons. The van der Waals surface area contributed by atoms with Crippen molar-refractivity contribution in [3.05, 3.63) is 24.3 Å². The number of sulfonamides is 1. The number of benzene rings is 1. The van der Waals surface area contributed by atoms with Crippen LogP contribution >= 0.6 is 0 Å². The molecule has 0 aliphatic heterocycles. The highest BCUT2D eigenvalue weighted by molar-refractivity contribution is 7.88. The summed E-state index contributed by atoms with van der Waals surface area (Å²) in [6.45, 7) is 0.955. The van der Waals surface area contributed by atoms with Gasteiger partial charge in [-0.05, 0) is 30.7 Å². The van der Waals surface area contributed by atoms with Gasteiger partial charge in [-0.25, -0.2) is 12.7 Å². The Kier molecular flexibility index (Phi) is 8.01. The molecule has 7 nitrogen and oxygen atoms in total. The van der Waals surface area contributed by atoms with Crippen LogP contribution in [0.15, 0.2) is 24.3 Å². The molecular formula is C15H24N2O5S. The second kappa shape index (κ2) is 9.49. The Morgan fingerprint density at radius 2 is 1.83 bits per heavy atom. The molecule has 1 amide bonds. The maximum atomic E-state index is 11.9. The van der Waals surface area contributed by atoms with E-state index in [1.54, 1.807) is 38.5 Å². The summed E-state index contributed by atoms with van der Waals surface area (Å²) >= 11 is 0. The summed E-state index contributed by atoms with van der Waals surface area (Å²) in [4.78, 5) is 11.9. The summed E-state index contributed by atoms with van der Waals surface area (Å²) < 4.78 is 34.7. The Bertz CT molecular complexity index is 586. The smallest absolute Gasteiger partial charge is 0.225 e. The molecule has 0 spiro atoms. The van der Waals surface area contributed by atoms with Gasteiger partial charge in [-0.1, -0.05) is 0 Å². The fourth-order valence-electron chi connectivity index (χ4n) is 1.95. The van der Waals surface area contributed by atoms with E-state index in [-0.39, 0.29) is 18.9 Å². The van der Waals surface area contributed by atoms with Crippen LogP contribution in [0.25, 0.3) is 0 Å². The van der Waals surface area contributed by atoms with Gasteiger partial charge in [-0.15, -0.1) is 0 Å². The van der Waals surface area contributed by atoms with Gasteiger partial charge in [0.1, 0.15) is 5.75 Å². The first-order valence-corrected chi connectivity index (χ1v) is 9.09. The molecule has 1 aromatic carbocycles. The van der Waals surface area contributed by atoms with Gasteiger partial charge >= 0.3 is 0 Å². The van der Waals surface area contributed by atoms with E-state index in [4.69, 9.17) is 9.47 Å². The zero-order chi connectivity index (χ0) is 17.3. The average molecular weight is 344 g/mol. The molecule has 0 saturated carbocycles. The number of ether oxygens (including phenoxy) is 2. The van der Waals surface area contributed by atoms with Crippen molar-refractivity contribution < 1.29 is 22.7 Å².